The number of nitrogen functional groups attached to an aromatic ring is 1. The average molecular weight is 513 g/mol. The zero-order valence-corrected chi connectivity index (χ0v) is 19.2. The van der Waals surface area contributed by atoms with Crippen LogP contribution in [0.1, 0.15) is 28.7 Å². The Morgan fingerprint density at radius 3 is 2.75 bits per heavy atom. The third kappa shape index (κ3) is 4.86. The molecule has 2 aromatic heterocycles. The minimum atomic E-state index is -0.510. The molecule has 0 saturated heterocycles. The van der Waals surface area contributed by atoms with E-state index >= 15 is 0 Å². The van der Waals surface area contributed by atoms with Gasteiger partial charge in [0.05, 0.1) is 11.4 Å². The summed E-state index contributed by atoms with van der Waals surface area (Å²) >= 11 is 4.93. The van der Waals surface area contributed by atoms with Crippen molar-refractivity contribution >= 4 is 45.1 Å². The van der Waals surface area contributed by atoms with Gasteiger partial charge in [0.2, 0.25) is 11.6 Å². The maximum Gasteiger partial charge on any atom is 0.293 e. The second kappa shape index (κ2) is 9.75. The molecule has 0 spiro atoms. The average Bonchev–Trinajstić information content (AvgIpc) is 3.42. The topological polar surface area (TPSA) is 137 Å². The molecule has 0 fully saturated rings. The lowest BCUT2D eigenvalue weighted by molar-refractivity contribution is 0.0949. The highest BCUT2D eigenvalue weighted by molar-refractivity contribution is 9.10. The molecule has 32 heavy (non-hydrogen) atoms. The Bertz CT molecular complexity index is 1270. The van der Waals surface area contributed by atoms with Crippen molar-refractivity contribution in [3.8, 4) is 5.82 Å². The first-order valence-corrected chi connectivity index (χ1v) is 11.1. The molecule has 162 valence electrons. The molecular formula is C20H17BrN8O2S. The van der Waals surface area contributed by atoms with Gasteiger partial charge in [0.25, 0.3) is 5.91 Å². The summed E-state index contributed by atoms with van der Waals surface area (Å²) in [7, 11) is 0. The number of thioether (sulfide) groups is 1. The lowest BCUT2D eigenvalue weighted by Gasteiger charge is -2.06. The summed E-state index contributed by atoms with van der Waals surface area (Å²) in [5.74, 6) is 0.0649. The normalized spacial score (nSPS) is 11.5. The molecule has 0 aliphatic heterocycles. The molecule has 0 radical (unpaired) electrons. The number of hydrazone groups is 1. The zero-order valence-electron chi connectivity index (χ0n) is 16.8. The maximum atomic E-state index is 12.9. The number of halogens is 1. The lowest BCUT2D eigenvalue weighted by atomic mass is 10.1. The van der Waals surface area contributed by atoms with E-state index in [4.69, 9.17) is 5.73 Å². The molecule has 4 rings (SSSR count). The van der Waals surface area contributed by atoms with Crippen molar-refractivity contribution in [2.24, 2.45) is 5.10 Å². The number of hydrogen-bond acceptors (Lipinski definition) is 9. The number of carbonyl (C=O) groups excluding carboxylic acids is 1. The molecule has 0 aliphatic rings. The predicted octanol–water partition coefficient (Wildman–Crippen LogP) is 3.44. The van der Waals surface area contributed by atoms with Gasteiger partial charge in [0.15, 0.2) is 5.69 Å². The summed E-state index contributed by atoms with van der Waals surface area (Å²) in [5, 5.41) is 19.6. The highest BCUT2D eigenvalue weighted by Crippen LogP contribution is 2.25. The summed E-state index contributed by atoms with van der Waals surface area (Å²) in [6.07, 6.45) is 0. The van der Waals surface area contributed by atoms with E-state index in [2.05, 4.69) is 51.7 Å². The Balaban J connectivity index is 1.61. The Morgan fingerprint density at radius 2 is 2.03 bits per heavy atom. The van der Waals surface area contributed by atoms with Crippen LogP contribution in [-0.4, -0.2) is 36.9 Å². The molecule has 0 aliphatic carbocycles. The van der Waals surface area contributed by atoms with Gasteiger partial charge in [-0.15, -0.1) is 16.9 Å². The molecule has 4 aromatic rings. The van der Waals surface area contributed by atoms with Gasteiger partial charge in [-0.2, -0.15) is 9.78 Å². The molecule has 3 N–H and O–H groups in total. The number of benzene rings is 2. The molecule has 0 bridgehead atoms. The molecule has 0 atom stereocenters. The quantitative estimate of drug-likeness (QED) is 0.218. The second-order valence-electron chi connectivity index (χ2n) is 6.52. The Hall–Kier alpha value is -3.51. The first-order chi connectivity index (χ1) is 15.5. The van der Waals surface area contributed by atoms with Crippen LogP contribution in [0.3, 0.4) is 0 Å². The van der Waals surface area contributed by atoms with Gasteiger partial charge in [0, 0.05) is 15.1 Å². The molecule has 2 aromatic carbocycles. The van der Waals surface area contributed by atoms with Crippen molar-refractivity contribution in [3.63, 3.8) is 0 Å². The van der Waals surface area contributed by atoms with E-state index in [-0.39, 0.29) is 17.3 Å². The number of nitrogens with one attached hydrogen (secondary N) is 1. The summed E-state index contributed by atoms with van der Waals surface area (Å²) in [4.78, 5) is 13.9. The minimum absolute atomic E-state index is 0.0383. The van der Waals surface area contributed by atoms with Gasteiger partial charge in [-0.25, -0.2) is 10.1 Å². The molecule has 10 nitrogen and oxygen atoms in total. The molecule has 0 unspecified atom stereocenters. The monoisotopic (exact) mass is 512 g/mol. The first kappa shape index (κ1) is 21.7. The van der Waals surface area contributed by atoms with Crippen molar-refractivity contribution < 1.29 is 9.42 Å². The number of nitrogens with two attached hydrogens (primary N) is 1. The Kier molecular flexibility index (Phi) is 6.61. The van der Waals surface area contributed by atoms with Gasteiger partial charge in [-0.1, -0.05) is 51.5 Å². The van der Waals surface area contributed by atoms with Gasteiger partial charge >= 0.3 is 0 Å². The van der Waals surface area contributed by atoms with Crippen molar-refractivity contribution in [2.45, 2.75) is 17.6 Å². The van der Waals surface area contributed by atoms with Crippen LogP contribution in [0.4, 0.5) is 5.82 Å². The van der Waals surface area contributed by atoms with E-state index in [1.807, 2.05) is 54.6 Å². The van der Waals surface area contributed by atoms with Crippen molar-refractivity contribution in [2.75, 3.05) is 5.73 Å². The predicted molar refractivity (Wildman–Crippen MR) is 123 cm³/mol. The summed E-state index contributed by atoms with van der Waals surface area (Å²) in [6, 6.07) is 17.3. The van der Waals surface area contributed by atoms with Crippen molar-refractivity contribution in [1.29, 1.82) is 0 Å². The Labute approximate surface area is 195 Å². The summed E-state index contributed by atoms with van der Waals surface area (Å²) < 4.78 is 6.94. The van der Waals surface area contributed by atoms with Crippen LogP contribution in [0.5, 0.6) is 0 Å². The van der Waals surface area contributed by atoms with Crippen LogP contribution in [0, 0.1) is 0 Å². The van der Waals surface area contributed by atoms with Gasteiger partial charge in [0.1, 0.15) is 0 Å². The van der Waals surface area contributed by atoms with Gasteiger partial charge < -0.3 is 5.73 Å². The van der Waals surface area contributed by atoms with E-state index in [1.165, 1.54) is 16.4 Å². The molecule has 1 amide bonds. The maximum absolute atomic E-state index is 12.9. The summed E-state index contributed by atoms with van der Waals surface area (Å²) in [6.45, 7) is 1.80. The van der Waals surface area contributed by atoms with E-state index in [0.29, 0.717) is 17.2 Å². The zero-order chi connectivity index (χ0) is 22.5. The molecule has 0 saturated carbocycles. The van der Waals surface area contributed by atoms with Crippen LogP contribution in [0.2, 0.25) is 0 Å². The van der Waals surface area contributed by atoms with Crippen LogP contribution in [0.15, 0.2) is 73.7 Å². The number of nitrogens with zero attached hydrogens (tertiary/aromatic N) is 6. The second-order valence-corrected chi connectivity index (χ2v) is 8.48. The van der Waals surface area contributed by atoms with Crippen LogP contribution >= 0.6 is 27.7 Å². The SMILES string of the molecule is C/C(=N\NC(=O)c1nnn(-c2nonc2N)c1CSc1ccccc1)c1cccc(Br)c1. The first-order valence-electron chi connectivity index (χ1n) is 9.34. The van der Waals surface area contributed by atoms with E-state index in [0.717, 1.165) is 14.9 Å². The number of carbonyl (C=O) groups is 1. The number of anilines is 1. The highest BCUT2D eigenvalue weighted by Gasteiger charge is 2.24. The van der Waals surface area contributed by atoms with Gasteiger partial charge in [-0.3, -0.25) is 4.79 Å². The third-order valence-electron chi connectivity index (χ3n) is 4.36. The number of amides is 1. The van der Waals surface area contributed by atoms with E-state index < -0.39 is 5.91 Å². The standard InChI is InChI=1S/C20H17BrN8O2S/c1-12(13-6-5-7-14(21)10-13)23-25-20(30)17-16(11-32-15-8-3-2-4-9-15)29(28-24-17)19-18(22)26-31-27-19/h2-10H,11H2,1H3,(H2,22,26)(H,25,30)/b23-12+. The van der Waals surface area contributed by atoms with Crippen molar-refractivity contribution in [3.05, 3.63) is 76.0 Å². The smallest absolute Gasteiger partial charge is 0.293 e. The fourth-order valence-corrected chi connectivity index (χ4v) is 4.06. The van der Waals surface area contributed by atoms with Crippen LogP contribution in [-0.2, 0) is 5.75 Å². The fraction of sp³-hybridized carbons (Fsp3) is 0.100. The lowest BCUT2D eigenvalue weighted by Crippen LogP contribution is -2.21. The third-order valence-corrected chi connectivity index (χ3v) is 5.88. The summed E-state index contributed by atoms with van der Waals surface area (Å²) in [5.41, 5.74) is 10.4. The van der Waals surface area contributed by atoms with Gasteiger partial charge in [-0.05, 0) is 47.1 Å². The van der Waals surface area contributed by atoms with E-state index in [1.54, 1.807) is 6.92 Å². The molecule has 2 heterocycles. The number of hydrogen-bond donors (Lipinski definition) is 2. The van der Waals surface area contributed by atoms with Crippen LogP contribution in [0.25, 0.3) is 5.82 Å². The fourth-order valence-electron chi connectivity index (χ4n) is 2.75. The van der Waals surface area contributed by atoms with Crippen molar-refractivity contribution in [1.82, 2.24) is 30.7 Å². The minimum Gasteiger partial charge on any atom is -0.378 e. The highest BCUT2D eigenvalue weighted by atomic mass is 79.9. The molecular weight excluding hydrogens is 496 g/mol. The van der Waals surface area contributed by atoms with Crippen LogP contribution < -0.4 is 11.2 Å². The molecule has 12 heteroatoms. The Morgan fingerprint density at radius 1 is 1.22 bits per heavy atom. The van der Waals surface area contributed by atoms with E-state index in [9.17, 15) is 4.79 Å². The number of aromatic nitrogens is 5. The number of rotatable bonds is 7. The largest absolute Gasteiger partial charge is 0.378 e.